The molecule has 1 spiro atoms. The van der Waals surface area contributed by atoms with E-state index in [1.807, 2.05) is 12.1 Å². The van der Waals surface area contributed by atoms with Gasteiger partial charge in [0.2, 0.25) is 11.8 Å². The lowest BCUT2D eigenvalue weighted by Gasteiger charge is -2.22. The van der Waals surface area contributed by atoms with Gasteiger partial charge in [-0.05, 0) is 36.3 Å². The number of ether oxygens (including phenoxy) is 2. The predicted octanol–water partition coefficient (Wildman–Crippen LogP) is 2.05. The molecule has 0 saturated carbocycles. The second-order valence-corrected chi connectivity index (χ2v) is 8.12. The number of thioether (sulfide) groups is 1. The highest BCUT2D eigenvalue weighted by molar-refractivity contribution is 7.99. The summed E-state index contributed by atoms with van der Waals surface area (Å²) in [5.41, 5.74) is 0.495. The van der Waals surface area contributed by atoms with Gasteiger partial charge in [0.25, 0.3) is 0 Å². The standard InChI is InChI=1S/C20H25NO5S/c1-3-4-14-5-6-16(17(9-14)25-2)26-12-15(22)11-21-18(23)10-20(19(21)24)7-8-27-13-20/h3,5-6,9,15,22H,1,4,7-8,10-13H2,2H3. The number of hydrogen-bond donors (Lipinski definition) is 1. The highest BCUT2D eigenvalue weighted by Crippen LogP contribution is 2.44. The van der Waals surface area contributed by atoms with Crippen LogP contribution in [0, 0.1) is 5.41 Å². The smallest absolute Gasteiger partial charge is 0.236 e. The first-order chi connectivity index (χ1) is 13.0. The zero-order valence-corrected chi connectivity index (χ0v) is 16.3. The molecule has 146 valence electrons. The van der Waals surface area contributed by atoms with Crippen LogP contribution in [-0.4, -0.2) is 59.7 Å². The van der Waals surface area contributed by atoms with Gasteiger partial charge in [0.15, 0.2) is 11.5 Å². The van der Waals surface area contributed by atoms with Crippen molar-refractivity contribution in [1.82, 2.24) is 4.90 Å². The average Bonchev–Trinajstić information content (AvgIpc) is 3.21. The van der Waals surface area contributed by atoms with Crippen LogP contribution in [-0.2, 0) is 16.0 Å². The van der Waals surface area contributed by atoms with E-state index >= 15 is 0 Å². The van der Waals surface area contributed by atoms with Gasteiger partial charge < -0.3 is 14.6 Å². The molecule has 7 heteroatoms. The van der Waals surface area contributed by atoms with Gasteiger partial charge in [0, 0.05) is 12.2 Å². The number of allylic oxidation sites excluding steroid dienone is 1. The van der Waals surface area contributed by atoms with Crippen molar-refractivity contribution in [2.24, 2.45) is 5.41 Å². The van der Waals surface area contributed by atoms with Crippen molar-refractivity contribution in [2.45, 2.75) is 25.4 Å². The summed E-state index contributed by atoms with van der Waals surface area (Å²) < 4.78 is 11.0. The fourth-order valence-electron chi connectivity index (χ4n) is 3.53. The van der Waals surface area contributed by atoms with Gasteiger partial charge in [-0.1, -0.05) is 12.1 Å². The Morgan fingerprint density at radius 3 is 2.89 bits per heavy atom. The Labute approximate surface area is 163 Å². The van der Waals surface area contributed by atoms with Gasteiger partial charge in [-0.2, -0.15) is 11.8 Å². The number of nitrogens with zero attached hydrogens (tertiary/aromatic N) is 1. The zero-order chi connectivity index (χ0) is 19.4. The Kier molecular flexibility index (Phi) is 6.11. The molecule has 3 rings (SSSR count). The van der Waals surface area contributed by atoms with E-state index in [-0.39, 0.29) is 31.4 Å². The Balaban J connectivity index is 1.58. The van der Waals surface area contributed by atoms with Gasteiger partial charge in [-0.3, -0.25) is 14.5 Å². The van der Waals surface area contributed by atoms with E-state index in [4.69, 9.17) is 9.47 Å². The van der Waals surface area contributed by atoms with Gasteiger partial charge in [0.1, 0.15) is 12.7 Å². The molecule has 1 N–H and O–H groups in total. The lowest BCUT2D eigenvalue weighted by Crippen LogP contribution is -2.42. The fraction of sp³-hybridized carbons (Fsp3) is 0.500. The monoisotopic (exact) mass is 391 g/mol. The van der Waals surface area contributed by atoms with Crippen LogP contribution in [0.15, 0.2) is 30.9 Å². The number of carbonyl (C=O) groups is 2. The molecule has 0 bridgehead atoms. The van der Waals surface area contributed by atoms with Crippen LogP contribution >= 0.6 is 11.8 Å². The van der Waals surface area contributed by atoms with Crippen LogP contribution in [0.3, 0.4) is 0 Å². The molecule has 2 aliphatic heterocycles. The number of aliphatic hydroxyl groups excluding tert-OH is 1. The van der Waals surface area contributed by atoms with Crippen molar-refractivity contribution in [3.8, 4) is 11.5 Å². The highest BCUT2D eigenvalue weighted by atomic mass is 32.2. The minimum atomic E-state index is -0.959. The molecule has 2 atom stereocenters. The molecule has 1 aromatic rings. The maximum atomic E-state index is 12.7. The second-order valence-electron chi connectivity index (χ2n) is 7.01. The third kappa shape index (κ3) is 4.14. The number of methoxy groups -OCH3 is 1. The summed E-state index contributed by atoms with van der Waals surface area (Å²) in [5.74, 6) is 2.31. The summed E-state index contributed by atoms with van der Waals surface area (Å²) in [6, 6.07) is 5.54. The predicted molar refractivity (Wildman–Crippen MR) is 104 cm³/mol. The molecule has 27 heavy (non-hydrogen) atoms. The average molecular weight is 391 g/mol. The van der Waals surface area contributed by atoms with Crippen LogP contribution in [0.2, 0.25) is 0 Å². The molecular weight excluding hydrogens is 366 g/mol. The van der Waals surface area contributed by atoms with Gasteiger partial charge in [0.05, 0.1) is 19.1 Å². The summed E-state index contributed by atoms with van der Waals surface area (Å²) >= 11 is 1.71. The zero-order valence-electron chi connectivity index (χ0n) is 15.5. The SMILES string of the molecule is C=CCc1ccc(OCC(O)CN2C(=O)CC3(CCSC3)C2=O)c(OC)c1. The minimum absolute atomic E-state index is 0.0318. The minimum Gasteiger partial charge on any atom is -0.493 e. The number of rotatable bonds is 8. The van der Waals surface area contributed by atoms with E-state index in [1.54, 1.807) is 31.0 Å². The molecule has 2 unspecified atom stereocenters. The van der Waals surface area contributed by atoms with E-state index < -0.39 is 11.5 Å². The molecular formula is C20H25NO5S. The molecule has 2 heterocycles. The first-order valence-electron chi connectivity index (χ1n) is 9.00. The third-order valence-electron chi connectivity index (χ3n) is 5.03. The molecule has 2 aliphatic rings. The molecule has 6 nitrogen and oxygen atoms in total. The first-order valence-corrected chi connectivity index (χ1v) is 10.2. The van der Waals surface area contributed by atoms with E-state index in [1.165, 1.54) is 4.90 Å². The first kappa shape index (κ1) is 19.8. The lowest BCUT2D eigenvalue weighted by atomic mass is 9.86. The topological polar surface area (TPSA) is 76.1 Å². The van der Waals surface area contributed by atoms with Gasteiger partial charge in [-0.25, -0.2) is 0 Å². The molecule has 1 aromatic carbocycles. The quantitative estimate of drug-likeness (QED) is 0.540. The van der Waals surface area contributed by atoms with Crippen LogP contribution in [0.1, 0.15) is 18.4 Å². The van der Waals surface area contributed by atoms with Gasteiger partial charge in [-0.15, -0.1) is 6.58 Å². The van der Waals surface area contributed by atoms with E-state index in [0.29, 0.717) is 17.3 Å². The number of imide groups is 1. The summed E-state index contributed by atoms with van der Waals surface area (Å²) in [6.07, 6.45) is 2.56. The largest absolute Gasteiger partial charge is 0.493 e. The fourth-order valence-corrected chi connectivity index (χ4v) is 4.97. The Hall–Kier alpha value is -1.99. The number of likely N-dealkylation sites (tertiary alicyclic amines) is 1. The Morgan fingerprint density at radius 1 is 1.41 bits per heavy atom. The molecule has 0 radical (unpaired) electrons. The number of aliphatic hydroxyl groups is 1. The summed E-state index contributed by atoms with van der Waals surface area (Å²) in [7, 11) is 1.55. The number of β-amino-alcohol motifs (C(OH)–C–C–N with tert-alkyl or cyclic N) is 1. The Morgan fingerprint density at radius 2 is 2.22 bits per heavy atom. The molecule has 2 saturated heterocycles. The summed E-state index contributed by atoms with van der Waals surface area (Å²) in [4.78, 5) is 26.1. The van der Waals surface area contributed by atoms with Crippen molar-refractivity contribution in [2.75, 3.05) is 31.8 Å². The van der Waals surface area contributed by atoms with E-state index in [9.17, 15) is 14.7 Å². The maximum Gasteiger partial charge on any atom is 0.236 e. The normalized spacial score (nSPS) is 23.1. The van der Waals surface area contributed by atoms with Crippen molar-refractivity contribution in [3.05, 3.63) is 36.4 Å². The highest BCUT2D eigenvalue weighted by Gasteiger charge is 2.53. The van der Waals surface area contributed by atoms with Crippen molar-refractivity contribution in [1.29, 1.82) is 0 Å². The van der Waals surface area contributed by atoms with Crippen molar-refractivity contribution >= 4 is 23.6 Å². The number of amides is 2. The van der Waals surface area contributed by atoms with Crippen LogP contribution in [0.4, 0.5) is 0 Å². The molecule has 0 aliphatic carbocycles. The third-order valence-corrected chi connectivity index (χ3v) is 6.27. The second kappa shape index (κ2) is 8.35. The number of hydrogen-bond acceptors (Lipinski definition) is 6. The molecule has 2 fully saturated rings. The lowest BCUT2D eigenvalue weighted by molar-refractivity contribution is -0.142. The molecule has 2 amide bonds. The number of carbonyl (C=O) groups excluding carboxylic acids is 2. The summed E-state index contributed by atoms with van der Waals surface area (Å²) in [5, 5.41) is 10.3. The van der Waals surface area contributed by atoms with Crippen molar-refractivity contribution in [3.63, 3.8) is 0 Å². The van der Waals surface area contributed by atoms with E-state index in [2.05, 4.69) is 6.58 Å². The maximum absolute atomic E-state index is 12.7. The van der Waals surface area contributed by atoms with Crippen LogP contribution < -0.4 is 9.47 Å². The molecule has 0 aromatic heterocycles. The number of benzene rings is 1. The van der Waals surface area contributed by atoms with Crippen LogP contribution in [0.5, 0.6) is 11.5 Å². The van der Waals surface area contributed by atoms with Crippen molar-refractivity contribution < 1.29 is 24.2 Å². The van der Waals surface area contributed by atoms with Gasteiger partial charge >= 0.3 is 0 Å². The summed E-state index contributed by atoms with van der Waals surface area (Å²) in [6.45, 7) is 3.64. The van der Waals surface area contributed by atoms with E-state index in [0.717, 1.165) is 24.2 Å². The van der Waals surface area contributed by atoms with Crippen LogP contribution in [0.25, 0.3) is 0 Å². The Bertz CT molecular complexity index is 729.